The number of amides is 2. The second kappa shape index (κ2) is 11.8. The molecule has 3 N–H and O–H groups in total. The van der Waals surface area contributed by atoms with Crippen molar-refractivity contribution in [2.45, 2.75) is 30.4 Å². The molecule has 0 aromatic heterocycles. The van der Waals surface area contributed by atoms with E-state index in [1.165, 1.54) is 36.0 Å². The highest BCUT2D eigenvalue weighted by molar-refractivity contribution is 8.00. The average molecular weight is 544 g/mol. The molecule has 0 spiro atoms. The molecule has 2 amide bonds. The fourth-order valence-electron chi connectivity index (χ4n) is 4.16. The number of hydrogen-bond donors (Lipinski definition) is 3. The molecule has 9 nitrogen and oxygen atoms in total. The van der Waals surface area contributed by atoms with E-state index in [4.69, 9.17) is 0 Å². The number of nitro groups is 1. The van der Waals surface area contributed by atoms with Crippen LogP contribution in [0.15, 0.2) is 83.8 Å². The van der Waals surface area contributed by atoms with Gasteiger partial charge in [-0.2, -0.15) is 0 Å². The third-order valence-electron chi connectivity index (χ3n) is 6.09. The number of rotatable bonds is 9. The number of nitro benzene ring substituents is 1. The van der Waals surface area contributed by atoms with Crippen LogP contribution in [0.2, 0.25) is 0 Å². The van der Waals surface area contributed by atoms with E-state index in [1.54, 1.807) is 55.5 Å². The first-order chi connectivity index (χ1) is 18.7. The summed E-state index contributed by atoms with van der Waals surface area (Å²) in [5.41, 5.74) is 1.82. The van der Waals surface area contributed by atoms with Gasteiger partial charge in [-0.05, 0) is 60.7 Å². The molecule has 0 saturated heterocycles. The Balaban J connectivity index is 1.50. The summed E-state index contributed by atoms with van der Waals surface area (Å²) in [7, 11) is 0. The van der Waals surface area contributed by atoms with Gasteiger partial charge < -0.3 is 15.7 Å². The van der Waals surface area contributed by atoms with Gasteiger partial charge in [0.25, 0.3) is 11.6 Å². The number of hydrogen-bond acceptors (Lipinski definition) is 6. The Kier molecular flexibility index (Phi) is 8.26. The highest BCUT2D eigenvalue weighted by atomic mass is 32.2. The van der Waals surface area contributed by atoms with Gasteiger partial charge in [-0.3, -0.25) is 19.7 Å². The van der Waals surface area contributed by atoms with Gasteiger partial charge in [-0.1, -0.05) is 37.3 Å². The summed E-state index contributed by atoms with van der Waals surface area (Å²) < 4.78 is 0. The van der Waals surface area contributed by atoms with Crippen LogP contribution in [-0.4, -0.2) is 33.1 Å². The van der Waals surface area contributed by atoms with Gasteiger partial charge in [-0.15, -0.1) is 11.8 Å². The Morgan fingerprint density at radius 1 is 0.949 bits per heavy atom. The normalized spacial score (nSPS) is 11.5. The van der Waals surface area contributed by atoms with Crippen molar-refractivity contribution in [2.24, 2.45) is 0 Å². The number of aromatic carboxylic acids is 1. The maximum atomic E-state index is 13.2. The van der Waals surface area contributed by atoms with E-state index in [9.17, 15) is 29.6 Å². The van der Waals surface area contributed by atoms with E-state index in [0.29, 0.717) is 34.1 Å². The van der Waals surface area contributed by atoms with Gasteiger partial charge in [0.05, 0.1) is 15.7 Å². The molecule has 0 aliphatic heterocycles. The minimum atomic E-state index is -1.12. The lowest BCUT2D eigenvalue weighted by Crippen LogP contribution is -2.25. The lowest BCUT2D eigenvalue weighted by Gasteiger charge is -2.16. The van der Waals surface area contributed by atoms with Gasteiger partial charge in [0.15, 0.2) is 0 Å². The molecule has 4 aromatic carbocycles. The Morgan fingerprint density at radius 3 is 2.28 bits per heavy atom. The lowest BCUT2D eigenvalue weighted by atomic mass is 9.98. The molecule has 1 atom stereocenters. The zero-order valence-corrected chi connectivity index (χ0v) is 22.0. The predicted octanol–water partition coefficient (Wildman–Crippen LogP) is 6.52. The number of thioether (sulfide) groups is 1. The van der Waals surface area contributed by atoms with Crippen molar-refractivity contribution >= 4 is 57.4 Å². The molecular formula is C29H25N3O6S. The van der Waals surface area contributed by atoms with E-state index >= 15 is 0 Å². The first-order valence-corrected chi connectivity index (χ1v) is 12.9. The number of carboxylic acids is 1. The Labute approximate surface area is 228 Å². The van der Waals surface area contributed by atoms with Crippen LogP contribution in [-0.2, 0) is 4.79 Å². The minimum absolute atomic E-state index is 0.0441. The average Bonchev–Trinajstić information content (AvgIpc) is 2.92. The Bertz CT molecular complexity index is 1600. The monoisotopic (exact) mass is 543 g/mol. The number of carbonyl (C=O) groups is 3. The quantitative estimate of drug-likeness (QED) is 0.124. The largest absolute Gasteiger partial charge is 0.478 e. The fraction of sp³-hybridized carbons (Fsp3) is 0.138. The third kappa shape index (κ3) is 6.24. The number of benzene rings is 4. The molecule has 10 heteroatoms. The smallest absolute Gasteiger partial charge is 0.336 e. The van der Waals surface area contributed by atoms with Crippen LogP contribution in [0.5, 0.6) is 0 Å². The first kappa shape index (κ1) is 27.3. The summed E-state index contributed by atoms with van der Waals surface area (Å²) in [6.45, 7) is 3.57. The number of carbonyl (C=O) groups excluding carboxylic acids is 2. The van der Waals surface area contributed by atoms with E-state index < -0.39 is 22.0 Å². The molecule has 0 aliphatic carbocycles. The number of anilines is 2. The summed E-state index contributed by atoms with van der Waals surface area (Å²) >= 11 is 1.33. The van der Waals surface area contributed by atoms with Crippen molar-refractivity contribution < 1.29 is 24.4 Å². The molecule has 0 radical (unpaired) electrons. The van der Waals surface area contributed by atoms with Crippen LogP contribution in [0, 0.1) is 17.0 Å². The molecule has 39 heavy (non-hydrogen) atoms. The van der Waals surface area contributed by atoms with Crippen molar-refractivity contribution in [1.29, 1.82) is 0 Å². The number of non-ortho nitro benzene ring substituents is 1. The van der Waals surface area contributed by atoms with E-state index in [-0.39, 0.29) is 22.7 Å². The van der Waals surface area contributed by atoms with Crippen LogP contribution < -0.4 is 10.6 Å². The zero-order valence-electron chi connectivity index (χ0n) is 21.1. The van der Waals surface area contributed by atoms with Crippen LogP contribution in [0.25, 0.3) is 10.8 Å². The van der Waals surface area contributed by atoms with Crippen LogP contribution in [0.1, 0.15) is 39.6 Å². The number of fused-ring (bicyclic) bond motifs is 1. The van der Waals surface area contributed by atoms with Gasteiger partial charge in [0.2, 0.25) is 5.91 Å². The van der Waals surface area contributed by atoms with Gasteiger partial charge in [-0.25, -0.2) is 4.79 Å². The summed E-state index contributed by atoms with van der Waals surface area (Å²) in [6.07, 6.45) is 0.521. The highest BCUT2D eigenvalue weighted by Crippen LogP contribution is 2.30. The van der Waals surface area contributed by atoms with E-state index in [2.05, 4.69) is 10.6 Å². The molecule has 0 aliphatic rings. The van der Waals surface area contributed by atoms with Crippen molar-refractivity contribution in [3.05, 3.63) is 106 Å². The summed E-state index contributed by atoms with van der Waals surface area (Å²) in [4.78, 5) is 49.2. The molecule has 198 valence electrons. The predicted molar refractivity (Wildman–Crippen MR) is 152 cm³/mol. The second-order valence-corrected chi connectivity index (χ2v) is 10.0. The number of aryl methyl sites for hydroxylation is 1. The maximum absolute atomic E-state index is 13.2. The first-order valence-electron chi connectivity index (χ1n) is 12.1. The standard InChI is InChI=1S/C29H25N3O6S/c1-3-25(28(34)31-24-14-13-20(32(37)38)15-17(24)2)39-21-10-6-9-19(16-21)30-27(33)22-11-4-7-18-8-5-12-23(26(18)22)29(35)36/h4-16,25H,3H2,1-2H3,(H,30,33)(H,31,34)(H,35,36). The van der Waals surface area contributed by atoms with Gasteiger partial charge in [0.1, 0.15) is 0 Å². The highest BCUT2D eigenvalue weighted by Gasteiger charge is 2.21. The SMILES string of the molecule is CCC(Sc1cccc(NC(=O)c2cccc3cccc(C(=O)O)c23)c1)C(=O)Nc1ccc([N+](=O)[O-])cc1C. The van der Waals surface area contributed by atoms with Gasteiger partial charge in [0, 0.05) is 39.4 Å². The topological polar surface area (TPSA) is 139 Å². The minimum Gasteiger partial charge on any atom is -0.478 e. The van der Waals surface area contributed by atoms with Crippen LogP contribution in [0.4, 0.5) is 17.1 Å². The number of nitrogens with one attached hydrogen (secondary N) is 2. The lowest BCUT2D eigenvalue weighted by molar-refractivity contribution is -0.384. The Morgan fingerprint density at radius 2 is 1.64 bits per heavy atom. The summed E-state index contributed by atoms with van der Waals surface area (Å²) in [5.74, 6) is -1.81. The molecule has 4 aromatic rings. The summed E-state index contributed by atoms with van der Waals surface area (Å²) in [6, 6.07) is 21.2. The molecule has 1 unspecified atom stereocenters. The number of carboxylic acid groups (broad SMARTS) is 1. The van der Waals surface area contributed by atoms with Crippen molar-refractivity contribution in [3.63, 3.8) is 0 Å². The molecule has 0 heterocycles. The Hall–Kier alpha value is -4.70. The molecule has 4 rings (SSSR count). The molecule has 0 fully saturated rings. The van der Waals surface area contributed by atoms with Crippen molar-refractivity contribution in [2.75, 3.05) is 10.6 Å². The van der Waals surface area contributed by atoms with Crippen molar-refractivity contribution in [1.82, 2.24) is 0 Å². The van der Waals surface area contributed by atoms with Gasteiger partial charge >= 0.3 is 5.97 Å². The fourth-order valence-corrected chi connectivity index (χ4v) is 5.17. The van der Waals surface area contributed by atoms with Crippen molar-refractivity contribution in [3.8, 4) is 0 Å². The third-order valence-corrected chi connectivity index (χ3v) is 7.45. The molecular weight excluding hydrogens is 518 g/mol. The zero-order chi connectivity index (χ0) is 28.1. The molecule has 0 bridgehead atoms. The molecule has 0 saturated carbocycles. The van der Waals surface area contributed by atoms with Crippen LogP contribution in [0.3, 0.4) is 0 Å². The van der Waals surface area contributed by atoms with E-state index in [1.807, 2.05) is 13.0 Å². The van der Waals surface area contributed by atoms with E-state index in [0.717, 1.165) is 4.90 Å². The number of nitrogens with zero attached hydrogens (tertiary/aromatic N) is 1. The van der Waals surface area contributed by atoms with Crippen LogP contribution >= 0.6 is 11.8 Å². The second-order valence-electron chi connectivity index (χ2n) is 8.76. The maximum Gasteiger partial charge on any atom is 0.336 e. The summed E-state index contributed by atoms with van der Waals surface area (Å²) in [5, 5.41) is 26.8.